The minimum Gasteiger partial charge on any atom is -0.378 e. The van der Waals surface area contributed by atoms with Crippen molar-refractivity contribution in [3.8, 4) is 11.3 Å². The van der Waals surface area contributed by atoms with Crippen LogP contribution in [0.5, 0.6) is 0 Å². The summed E-state index contributed by atoms with van der Waals surface area (Å²) in [6, 6.07) is 9.12. The molecule has 1 aromatic carbocycles. The lowest BCUT2D eigenvalue weighted by Crippen LogP contribution is -2.35. The van der Waals surface area contributed by atoms with Crippen LogP contribution in [0.2, 0.25) is 0 Å². The van der Waals surface area contributed by atoms with E-state index in [0.29, 0.717) is 25.1 Å². The standard InChI is InChI=1S/C20H21FN2O4/c1-2-17-11-14(9-10-26-17)20(25)27-23-19(24)15-5-8-18(22-12-15)13-3-6-16(21)7-4-13/h3-8,12,14,17H,2,9-11H2,1H3,(H,23,24). The van der Waals surface area contributed by atoms with Gasteiger partial charge in [0.05, 0.1) is 23.3 Å². The van der Waals surface area contributed by atoms with Crippen molar-refractivity contribution in [3.63, 3.8) is 0 Å². The van der Waals surface area contributed by atoms with E-state index in [1.165, 1.54) is 18.3 Å². The largest absolute Gasteiger partial charge is 0.378 e. The van der Waals surface area contributed by atoms with E-state index in [9.17, 15) is 14.0 Å². The zero-order valence-corrected chi connectivity index (χ0v) is 15.0. The molecule has 0 saturated carbocycles. The Morgan fingerprint density at radius 1 is 1.26 bits per heavy atom. The van der Waals surface area contributed by atoms with Crippen LogP contribution in [-0.4, -0.2) is 29.6 Å². The van der Waals surface area contributed by atoms with Crippen LogP contribution in [-0.2, 0) is 14.4 Å². The average molecular weight is 372 g/mol. The summed E-state index contributed by atoms with van der Waals surface area (Å²) < 4.78 is 18.5. The van der Waals surface area contributed by atoms with Gasteiger partial charge in [0.1, 0.15) is 5.82 Å². The second-order valence-electron chi connectivity index (χ2n) is 6.41. The van der Waals surface area contributed by atoms with Crippen LogP contribution in [0.1, 0.15) is 36.5 Å². The third kappa shape index (κ3) is 4.89. The van der Waals surface area contributed by atoms with Crippen molar-refractivity contribution >= 4 is 11.9 Å². The van der Waals surface area contributed by atoms with Crippen molar-refractivity contribution < 1.29 is 23.6 Å². The van der Waals surface area contributed by atoms with Crippen LogP contribution in [0.25, 0.3) is 11.3 Å². The molecule has 1 aromatic heterocycles. The van der Waals surface area contributed by atoms with E-state index in [1.54, 1.807) is 24.3 Å². The van der Waals surface area contributed by atoms with Crippen molar-refractivity contribution in [2.45, 2.75) is 32.3 Å². The van der Waals surface area contributed by atoms with Crippen LogP contribution in [0, 0.1) is 11.7 Å². The summed E-state index contributed by atoms with van der Waals surface area (Å²) in [6.07, 6.45) is 3.44. The van der Waals surface area contributed by atoms with Crippen molar-refractivity contribution in [1.82, 2.24) is 10.5 Å². The van der Waals surface area contributed by atoms with E-state index in [1.807, 2.05) is 6.92 Å². The summed E-state index contributed by atoms with van der Waals surface area (Å²) in [6.45, 7) is 2.52. The maximum absolute atomic E-state index is 13.0. The molecular formula is C20H21FN2O4. The molecule has 0 aliphatic carbocycles. The number of carbonyl (C=O) groups excluding carboxylic acids is 2. The Kier molecular flexibility index (Phi) is 6.13. The minimum atomic E-state index is -0.555. The first kappa shape index (κ1) is 19.0. The molecule has 1 aliphatic rings. The first-order chi connectivity index (χ1) is 13.1. The van der Waals surface area contributed by atoms with Gasteiger partial charge >= 0.3 is 5.97 Å². The van der Waals surface area contributed by atoms with Gasteiger partial charge < -0.3 is 9.57 Å². The topological polar surface area (TPSA) is 77.5 Å². The fourth-order valence-corrected chi connectivity index (χ4v) is 2.94. The lowest BCUT2D eigenvalue weighted by Gasteiger charge is -2.27. The Bertz CT molecular complexity index is 793. The summed E-state index contributed by atoms with van der Waals surface area (Å²) in [7, 11) is 0. The summed E-state index contributed by atoms with van der Waals surface area (Å²) in [5.41, 5.74) is 3.78. The van der Waals surface area contributed by atoms with Gasteiger partial charge in [0.2, 0.25) is 0 Å². The maximum atomic E-state index is 13.0. The van der Waals surface area contributed by atoms with Gasteiger partial charge in [-0.05, 0) is 55.7 Å². The minimum absolute atomic E-state index is 0.0511. The Hall–Kier alpha value is -2.80. The number of nitrogens with one attached hydrogen (secondary N) is 1. The number of pyridine rings is 1. The first-order valence-corrected chi connectivity index (χ1v) is 8.91. The predicted octanol–water partition coefficient (Wildman–Crippen LogP) is 3.28. The summed E-state index contributed by atoms with van der Waals surface area (Å²) in [4.78, 5) is 33.4. The number of aromatic nitrogens is 1. The van der Waals surface area contributed by atoms with Gasteiger partial charge in [-0.2, -0.15) is 5.48 Å². The lowest BCUT2D eigenvalue weighted by atomic mass is 9.95. The van der Waals surface area contributed by atoms with E-state index < -0.39 is 11.9 Å². The van der Waals surface area contributed by atoms with E-state index in [-0.39, 0.29) is 23.4 Å². The molecule has 1 N–H and O–H groups in total. The Morgan fingerprint density at radius 3 is 2.70 bits per heavy atom. The molecule has 27 heavy (non-hydrogen) atoms. The Morgan fingerprint density at radius 2 is 2.04 bits per heavy atom. The van der Waals surface area contributed by atoms with Gasteiger partial charge in [0, 0.05) is 18.4 Å². The molecule has 2 unspecified atom stereocenters. The van der Waals surface area contributed by atoms with Gasteiger partial charge in [-0.25, -0.2) is 9.18 Å². The van der Waals surface area contributed by atoms with Gasteiger partial charge in [0.25, 0.3) is 5.91 Å². The third-order valence-electron chi connectivity index (χ3n) is 4.57. The lowest BCUT2D eigenvalue weighted by molar-refractivity contribution is -0.159. The molecule has 1 amide bonds. The van der Waals surface area contributed by atoms with E-state index in [4.69, 9.17) is 9.57 Å². The van der Waals surface area contributed by atoms with E-state index in [0.717, 1.165) is 12.0 Å². The van der Waals surface area contributed by atoms with Gasteiger partial charge in [-0.1, -0.05) is 6.92 Å². The number of hydrogen-bond acceptors (Lipinski definition) is 5. The summed E-state index contributed by atoms with van der Waals surface area (Å²) >= 11 is 0. The summed E-state index contributed by atoms with van der Waals surface area (Å²) in [5.74, 6) is -1.61. The quantitative estimate of drug-likeness (QED) is 0.834. The van der Waals surface area contributed by atoms with Crippen molar-refractivity contribution in [2.75, 3.05) is 6.61 Å². The number of amides is 1. The zero-order chi connectivity index (χ0) is 19.2. The van der Waals surface area contributed by atoms with Crippen LogP contribution in [0.3, 0.4) is 0 Å². The fraction of sp³-hybridized carbons (Fsp3) is 0.350. The van der Waals surface area contributed by atoms with Crippen LogP contribution in [0.15, 0.2) is 42.6 Å². The molecule has 0 bridgehead atoms. The highest BCUT2D eigenvalue weighted by Crippen LogP contribution is 2.23. The molecule has 6 nitrogen and oxygen atoms in total. The molecular weight excluding hydrogens is 351 g/mol. The number of halogens is 1. The zero-order valence-electron chi connectivity index (χ0n) is 15.0. The number of ether oxygens (including phenoxy) is 1. The molecule has 1 saturated heterocycles. The molecule has 7 heteroatoms. The SMILES string of the molecule is CCC1CC(C(=O)ONC(=O)c2ccc(-c3ccc(F)cc3)nc2)CCO1. The molecule has 2 aromatic rings. The van der Waals surface area contributed by atoms with Crippen molar-refractivity contribution in [2.24, 2.45) is 5.92 Å². The molecule has 1 aliphatic heterocycles. The van der Waals surface area contributed by atoms with E-state index in [2.05, 4.69) is 10.5 Å². The van der Waals surface area contributed by atoms with E-state index >= 15 is 0 Å². The Labute approximate surface area is 156 Å². The first-order valence-electron chi connectivity index (χ1n) is 8.91. The maximum Gasteiger partial charge on any atom is 0.335 e. The van der Waals surface area contributed by atoms with Crippen LogP contribution in [0.4, 0.5) is 4.39 Å². The molecule has 0 spiro atoms. The smallest absolute Gasteiger partial charge is 0.335 e. The number of rotatable bonds is 4. The van der Waals surface area contributed by atoms with Crippen molar-refractivity contribution in [3.05, 3.63) is 54.0 Å². The molecule has 2 heterocycles. The summed E-state index contributed by atoms with van der Waals surface area (Å²) in [5, 5.41) is 0. The molecule has 0 radical (unpaired) electrons. The highest BCUT2D eigenvalue weighted by atomic mass is 19.1. The second kappa shape index (κ2) is 8.73. The number of nitrogens with zero attached hydrogens (tertiary/aromatic N) is 1. The number of hydroxylamine groups is 1. The monoisotopic (exact) mass is 372 g/mol. The van der Waals surface area contributed by atoms with Gasteiger partial charge in [-0.15, -0.1) is 0 Å². The fourth-order valence-electron chi connectivity index (χ4n) is 2.94. The Balaban J connectivity index is 1.55. The predicted molar refractivity (Wildman–Crippen MR) is 95.9 cm³/mol. The third-order valence-corrected chi connectivity index (χ3v) is 4.57. The normalized spacial score (nSPS) is 19.3. The molecule has 142 valence electrons. The average Bonchev–Trinajstić information content (AvgIpc) is 2.72. The number of benzene rings is 1. The highest BCUT2D eigenvalue weighted by Gasteiger charge is 2.29. The van der Waals surface area contributed by atoms with Crippen LogP contribution >= 0.6 is 0 Å². The van der Waals surface area contributed by atoms with Gasteiger partial charge in [-0.3, -0.25) is 9.78 Å². The number of hydrogen-bond donors (Lipinski definition) is 1. The highest BCUT2D eigenvalue weighted by molar-refractivity contribution is 5.94. The van der Waals surface area contributed by atoms with Gasteiger partial charge in [0.15, 0.2) is 0 Å². The molecule has 2 atom stereocenters. The van der Waals surface area contributed by atoms with Crippen LogP contribution < -0.4 is 5.48 Å². The number of carbonyl (C=O) groups is 2. The van der Waals surface area contributed by atoms with Crippen molar-refractivity contribution in [1.29, 1.82) is 0 Å². The molecule has 1 fully saturated rings. The second-order valence-corrected chi connectivity index (χ2v) is 6.41. The molecule has 3 rings (SSSR count).